The molecule has 2 aromatic rings. The quantitative estimate of drug-likeness (QED) is 0.798. The molecule has 0 saturated carbocycles. The molecule has 0 aliphatic heterocycles. The van der Waals surface area contributed by atoms with E-state index in [9.17, 15) is 4.79 Å². The summed E-state index contributed by atoms with van der Waals surface area (Å²) < 4.78 is 0.999. The average molecular weight is 340 g/mol. The number of nitrogens with zero attached hydrogens (tertiary/aromatic N) is 2. The van der Waals surface area contributed by atoms with E-state index in [1.807, 2.05) is 24.3 Å². The Balaban J connectivity index is 2.09. The Kier molecular flexibility index (Phi) is 4.56. The van der Waals surface area contributed by atoms with Crippen molar-refractivity contribution in [2.45, 2.75) is 6.54 Å². The third-order valence-electron chi connectivity index (χ3n) is 2.63. The topological polar surface area (TPSA) is 33.2 Å². The number of pyridine rings is 1. The van der Waals surface area contributed by atoms with Gasteiger partial charge in [0.15, 0.2) is 0 Å². The van der Waals surface area contributed by atoms with E-state index >= 15 is 0 Å². The summed E-state index contributed by atoms with van der Waals surface area (Å²) in [6.45, 7) is 0.543. The van der Waals surface area contributed by atoms with Gasteiger partial charge in [0.25, 0.3) is 5.91 Å². The van der Waals surface area contributed by atoms with E-state index in [4.69, 9.17) is 11.6 Å². The molecule has 0 aliphatic rings. The fourth-order valence-electron chi connectivity index (χ4n) is 1.70. The molecule has 0 N–H and O–H groups in total. The van der Waals surface area contributed by atoms with Crippen molar-refractivity contribution in [1.29, 1.82) is 0 Å². The number of benzene rings is 1. The van der Waals surface area contributed by atoms with Crippen molar-refractivity contribution in [2.24, 2.45) is 0 Å². The highest BCUT2D eigenvalue weighted by Crippen LogP contribution is 2.14. The minimum atomic E-state index is -0.0795. The van der Waals surface area contributed by atoms with Crippen molar-refractivity contribution < 1.29 is 4.79 Å². The number of hydrogen-bond acceptors (Lipinski definition) is 2. The minimum absolute atomic E-state index is 0.0795. The lowest BCUT2D eigenvalue weighted by Gasteiger charge is -2.17. The molecule has 0 unspecified atom stereocenters. The van der Waals surface area contributed by atoms with E-state index in [1.165, 1.54) is 6.20 Å². The molecule has 0 aliphatic carbocycles. The molecule has 0 saturated heterocycles. The van der Waals surface area contributed by atoms with Crippen molar-refractivity contribution in [3.8, 4) is 0 Å². The number of amides is 1. The van der Waals surface area contributed by atoms with E-state index in [0.717, 1.165) is 10.0 Å². The first-order valence-corrected chi connectivity index (χ1v) is 6.85. The zero-order valence-electron chi connectivity index (χ0n) is 10.3. The minimum Gasteiger partial charge on any atom is -0.337 e. The third kappa shape index (κ3) is 3.78. The van der Waals surface area contributed by atoms with Crippen LogP contribution in [-0.2, 0) is 6.54 Å². The van der Waals surface area contributed by atoms with Crippen molar-refractivity contribution in [1.82, 2.24) is 9.88 Å². The molecular formula is C14H12BrClN2O. The van der Waals surface area contributed by atoms with Crippen LogP contribution in [0, 0.1) is 0 Å². The van der Waals surface area contributed by atoms with Crippen LogP contribution in [0.25, 0.3) is 0 Å². The Labute approximate surface area is 125 Å². The zero-order valence-corrected chi connectivity index (χ0v) is 12.6. The molecule has 1 amide bonds. The molecule has 2 rings (SSSR count). The summed E-state index contributed by atoms with van der Waals surface area (Å²) >= 11 is 9.12. The van der Waals surface area contributed by atoms with E-state index < -0.39 is 0 Å². The first kappa shape index (κ1) is 14.0. The summed E-state index contributed by atoms with van der Waals surface area (Å²) in [6, 6.07) is 11.2. The maximum absolute atomic E-state index is 12.2. The molecule has 5 heteroatoms. The summed E-state index contributed by atoms with van der Waals surface area (Å²) in [5.74, 6) is -0.0795. The highest BCUT2D eigenvalue weighted by Gasteiger charge is 2.12. The summed E-state index contributed by atoms with van der Waals surface area (Å²) in [4.78, 5) is 17.7. The van der Waals surface area contributed by atoms with Gasteiger partial charge in [-0.1, -0.05) is 39.7 Å². The Bertz CT molecular complexity index is 586. The van der Waals surface area contributed by atoms with Gasteiger partial charge in [-0.2, -0.15) is 0 Å². The molecule has 0 atom stereocenters. The van der Waals surface area contributed by atoms with Gasteiger partial charge in [0.1, 0.15) is 5.15 Å². The number of aromatic nitrogens is 1. The average Bonchev–Trinajstić information content (AvgIpc) is 2.39. The van der Waals surface area contributed by atoms with Gasteiger partial charge in [-0.15, -0.1) is 0 Å². The van der Waals surface area contributed by atoms with Crippen molar-refractivity contribution in [2.75, 3.05) is 7.05 Å². The van der Waals surface area contributed by atoms with Crippen molar-refractivity contribution in [3.05, 3.63) is 63.3 Å². The highest BCUT2D eigenvalue weighted by atomic mass is 79.9. The van der Waals surface area contributed by atoms with Crippen LogP contribution in [0.3, 0.4) is 0 Å². The molecule has 1 aromatic carbocycles. The first-order valence-electron chi connectivity index (χ1n) is 5.68. The summed E-state index contributed by atoms with van der Waals surface area (Å²) in [7, 11) is 1.76. The molecule has 1 aromatic heterocycles. The maximum atomic E-state index is 12.2. The SMILES string of the molecule is CN(Cc1cccc(Br)c1)C(=O)c1ccc(Cl)nc1. The lowest BCUT2D eigenvalue weighted by Crippen LogP contribution is -2.26. The van der Waals surface area contributed by atoms with Gasteiger partial charge >= 0.3 is 0 Å². The van der Waals surface area contributed by atoms with E-state index in [0.29, 0.717) is 17.3 Å². The largest absolute Gasteiger partial charge is 0.337 e. The van der Waals surface area contributed by atoms with Gasteiger partial charge in [-0.05, 0) is 29.8 Å². The molecule has 98 valence electrons. The number of carbonyl (C=O) groups is 1. The lowest BCUT2D eigenvalue weighted by atomic mass is 10.2. The predicted molar refractivity (Wildman–Crippen MR) is 79.2 cm³/mol. The third-order valence-corrected chi connectivity index (χ3v) is 3.35. The fraction of sp³-hybridized carbons (Fsp3) is 0.143. The fourth-order valence-corrected chi connectivity index (χ4v) is 2.26. The molecule has 0 spiro atoms. The van der Waals surface area contributed by atoms with Crippen LogP contribution in [-0.4, -0.2) is 22.8 Å². The first-order chi connectivity index (χ1) is 9.06. The summed E-state index contributed by atoms with van der Waals surface area (Å²) in [5, 5.41) is 0.381. The highest BCUT2D eigenvalue weighted by molar-refractivity contribution is 9.10. The monoisotopic (exact) mass is 338 g/mol. The summed E-state index contributed by atoms with van der Waals surface area (Å²) in [6.07, 6.45) is 1.49. The lowest BCUT2D eigenvalue weighted by molar-refractivity contribution is 0.0784. The van der Waals surface area contributed by atoms with Gasteiger partial charge in [0.2, 0.25) is 0 Å². The van der Waals surface area contributed by atoms with Gasteiger partial charge in [0, 0.05) is 24.3 Å². The van der Waals surface area contributed by atoms with Crippen molar-refractivity contribution in [3.63, 3.8) is 0 Å². The van der Waals surface area contributed by atoms with Gasteiger partial charge in [-0.25, -0.2) is 4.98 Å². The predicted octanol–water partition coefficient (Wildman–Crippen LogP) is 3.77. The van der Waals surface area contributed by atoms with Gasteiger partial charge in [-0.3, -0.25) is 4.79 Å². The molecule has 3 nitrogen and oxygen atoms in total. The van der Waals surface area contributed by atoms with E-state index in [2.05, 4.69) is 20.9 Å². The van der Waals surface area contributed by atoms with Crippen LogP contribution < -0.4 is 0 Å². The smallest absolute Gasteiger partial charge is 0.255 e. The second kappa shape index (κ2) is 6.17. The normalized spacial score (nSPS) is 10.3. The van der Waals surface area contributed by atoms with Gasteiger partial charge < -0.3 is 4.90 Å². The van der Waals surface area contributed by atoms with E-state index in [-0.39, 0.29) is 5.91 Å². The van der Waals surface area contributed by atoms with Crippen LogP contribution in [0.4, 0.5) is 0 Å². The Morgan fingerprint density at radius 3 is 2.79 bits per heavy atom. The molecule has 1 heterocycles. The maximum Gasteiger partial charge on any atom is 0.255 e. The van der Waals surface area contributed by atoms with E-state index in [1.54, 1.807) is 24.1 Å². The van der Waals surface area contributed by atoms with Crippen LogP contribution in [0.15, 0.2) is 47.1 Å². The van der Waals surface area contributed by atoms with Gasteiger partial charge in [0.05, 0.1) is 5.56 Å². The number of halogens is 2. The second-order valence-electron chi connectivity index (χ2n) is 4.16. The Morgan fingerprint density at radius 1 is 1.37 bits per heavy atom. The van der Waals surface area contributed by atoms with Crippen LogP contribution in [0.2, 0.25) is 5.15 Å². The molecular weight excluding hydrogens is 328 g/mol. The standard InChI is InChI=1S/C14H12BrClN2O/c1-18(9-10-3-2-4-12(15)7-10)14(19)11-5-6-13(16)17-8-11/h2-8H,9H2,1H3. The van der Waals surface area contributed by atoms with Crippen LogP contribution in [0.5, 0.6) is 0 Å². The molecule has 0 bridgehead atoms. The zero-order chi connectivity index (χ0) is 13.8. The Hall–Kier alpha value is -1.39. The number of carbonyl (C=O) groups excluding carboxylic acids is 1. The molecule has 0 radical (unpaired) electrons. The van der Waals surface area contributed by atoms with Crippen LogP contribution in [0.1, 0.15) is 15.9 Å². The molecule has 19 heavy (non-hydrogen) atoms. The summed E-state index contributed by atoms with van der Waals surface area (Å²) in [5.41, 5.74) is 1.59. The van der Waals surface area contributed by atoms with Crippen molar-refractivity contribution >= 4 is 33.4 Å². The number of rotatable bonds is 3. The second-order valence-corrected chi connectivity index (χ2v) is 5.46. The molecule has 0 fully saturated rings. The number of hydrogen-bond donors (Lipinski definition) is 0. The van der Waals surface area contributed by atoms with Crippen LogP contribution >= 0.6 is 27.5 Å². The Morgan fingerprint density at radius 2 is 2.16 bits per heavy atom.